The van der Waals surface area contributed by atoms with E-state index in [9.17, 15) is 9.59 Å². The van der Waals surface area contributed by atoms with Gasteiger partial charge in [0.25, 0.3) is 11.8 Å². The first-order valence-corrected chi connectivity index (χ1v) is 11.8. The molecule has 2 heterocycles. The molecule has 1 aromatic carbocycles. The first-order valence-electron chi connectivity index (χ1n) is 11.0. The van der Waals surface area contributed by atoms with Crippen LogP contribution in [0.25, 0.3) is 0 Å². The van der Waals surface area contributed by atoms with Crippen LogP contribution in [0.3, 0.4) is 0 Å². The number of aryl methyl sites for hydroxylation is 1. The largest absolute Gasteiger partial charge is 0.322 e. The van der Waals surface area contributed by atoms with Crippen LogP contribution >= 0.6 is 11.3 Å². The molecule has 1 aliphatic rings. The molecule has 0 spiro atoms. The fourth-order valence-corrected chi connectivity index (χ4v) is 5.54. The number of pyridine rings is 1. The Hall–Kier alpha value is -2.99. The molecule has 6 heteroatoms. The lowest BCUT2D eigenvalue weighted by molar-refractivity contribution is 0.102. The highest BCUT2D eigenvalue weighted by Crippen LogP contribution is 2.44. The van der Waals surface area contributed by atoms with Crippen LogP contribution in [0, 0.1) is 18.3 Å². The maximum Gasteiger partial charge on any atom is 0.258 e. The smallest absolute Gasteiger partial charge is 0.258 e. The van der Waals surface area contributed by atoms with Crippen molar-refractivity contribution in [1.29, 1.82) is 0 Å². The molecule has 2 N–H and O–H groups in total. The average molecular weight is 448 g/mol. The van der Waals surface area contributed by atoms with Gasteiger partial charge in [-0.2, -0.15) is 0 Å². The topological polar surface area (TPSA) is 71.1 Å². The number of nitrogens with zero attached hydrogens (tertiary/aromatic N) is 1. The van der Waals surface area contributed by atoms with Crippen molar-refractivity contribution in [3.63, 3.8) is 0 Å². The monoisotopic (exact) mass is 447 g/mol. The highest BCUT2D eigenvalue weighted by Gasteiger charge is 2.34. The number of rotatable bonds is 4. The summed E-state index contributed by atoms with van der Waals surface area (Å²) in [5, 5.41) is 6.67. The summed E-state index contributed by atoms with van der Waals surface area (Å²) in [6.45, 7) is 8.78. The fourth-order valence-electron chi connectivity index (χ4n) is 4.22. The van der Waals surface area contributed by atoms with Crippen molar-refractivity contribution in [2.45, 2.75) is 47.0 Å². The highest BCUT2D eigenvalue weighted by atomic mass is 32.1. The minimum absolute atomic E-state index is 0.174. The molecule has 0 saturated carbocycles. The van der Waals surface area contributed by atoms with Gasteiger partial charge < -0.3 is 10.6 Å². The van der Waals surface area contributed by atoms with E-state index in [4.69, 9.17) is 0 Å². The summed E-state index contributed by atoms with van der Waals surface area (Å²) in [5.41, 5.74) is 4.12. The van der Waals surface area contributed by atoms with Gasteiger partial charge in [0, 0.05) is 23.0 Å². The molecule has 1 aliphatic carbocycles. The van der Waals surface area contributed by atoms with Gasteiger partial charge in [0.15, 0.2) is 0 Å². The van der Waals surface area contributed by atoms with Crippen LogP contribution in [0.15, 0.2) is 48.8 Å². The summed E-state index contributed by atoms with van der Waals surface area (Å²) in [7, 11) is 0. The molecule has 0 bridgehead atoms. The predicted octanol–water partition coefficient (Wildman–Crippen LogP) is 6.11. The Morgan fingerprint density at radius 2 is 1.84 bits per heavy atom. The third kappa shape index (κ3) is 4.60. The van der Waals surface area contributed by atoms with Gasteiger partial charge in [0.1, 0.15) is 5.00 Å². The normalized spacial score (nSPS) is 15.7. The van der Waals surface area contributed by atoms with E-state index in [1.807, 2.05) is 31.2 Å². The van der Waals surface area contributed by atoms with Gasteiger partial charge in [-0.25, -0.2) is 0 Å². The van der Waals surface area contributed by atoms with E-state index in [2.05, 4.69) is 36.4 Å². The van der Waals surface area contributed by atoms with Crippen LogP contribution in [-0.2, 0) is 12.8 Å². The summed E-state index contributed by atoms with van der Waals surface area (Å²) in [5.74, 6) is 0.115. The molecule has 2 aromatic heterocycles. The van der Waals surface area contributed by atoms with Gasteiger partial charge >= 0.3 is 0 Å². The fraction of sp³-hybridized carbons (Fsp3) is 0.346. The number of fused-ring (bicyclic) bond motifs is 1. The molecule has 3 aromatic rings. The maximum atomic E-state index is 13.4. The number of benzene rings is 1. The molecule has 4 rings (SSSR count). The quantitative estimate of drug-likeness (QED) is 0.507. The summed E-state index contributed by atoms with van der Waals surface area (Å²) < 4.78 is 0. The molecule has 0 saturated heterocycles. The molecule has 32 heavy (non-hydrogen) atoms. The molecule has 1 unspecified atom stereocenters. The predicted molar refractivity (Wildman–Crippen MR) is 131 cm³/mol. The van der Waals surface area contributed by atoms with E-state index >= 15 is 0 Å². The van der Waals surface area contributed by atoms with Gasteiger partial charge in [-0.3, -0.25) is 14.6 Å². The summed E-state index contributed by atoms with van der Waals surface area (Å²) >= 11 is 1.53. The number of amides is 2. The molecule has 1 atom stereocenters. The Bertz CT molecular complexity index is 1150. The van der Waals surface area contributed by atoms with E-state index in [0.717, 1.165) is 36.1 Å². The lowest BCUT2D eigenvalue weighted by Gasteiger charge is -2.33. The number of anilines is 2. The molecule has 5 nitrogen and oxygen atoms in total. The van der Waals surface area contributed by atoms with Gasteiger partial charge in [0.2, 0.25) is 0 Å². The van der Waals surface area contributed by atoms with Crippen molar-refractivity contribution in [3.8, 4) is 0 Å². The van der Waals surface area contributed by atoms with Gasteiger partial charge in [0.05, 0.1) is 11.1 Å². The molecule has 2 amide bonds. The van der Waals surface area contributed by atoms with E-state index in [0.29, 0.717) is 22.0 Å². The van der Waals surface area contributed by atoms with Crippen LogP contribution < -0.4 is 10.6 Å². The zero-order valence-corrected chi connectivity index (χ0v) is 19.8. The van der Waals surface area contributed by atoms with Crippen LogP contribution in [-0.4, -0.2) is 16.8 Å². The molecule has 0 aliphatic heterocycles. The zero-order valence-electron chi connectivity index (χ0n) is 19.0. The number of aromatic nitrogens is 1. The first-order chi connectivity index (χ1) is 15.2. The van der Waals surface area contributed by atoms with E-state index in [1.165, 1.54) is 22.4 Å². The second-order valence-electron chi connectivity index (χ2n) is 9.48. The number of para-hydroxylation sites is 1. The molecular weight excluding hydrogens is 418 g/mol. The van der Waals surface area contributed by atoms with Crippen molar-refractivity contribution in [3.05, 3.63) is 75.9 Å². The first kappa shape index (κ1) is 22.2. The third-order valence-corrected chi connectivity index (χ3v) is 7.43. The molecular formula is C26H29N3O2S. The number of hydrogen-bond donors (Lipinski definition) is 2. The van der Waals surface area contributed by atoms with Crippen molar-refractivity contribution in [2.75, 3.05) is 10.6 Å². The number of carbonyl (C=O) groups excluding carboxylic acids is 2. The zero-order chi connectivity index (χ0) is 22.9. The van der Waals surface area contributed by atoms with E-state index in [1.54, 1.807) is 18.3 Å². The van der Waals surface area contributed by atoms with E-state index in [-0.39, 0.29) is 17.2 Å². The minimum Gasteiger partial charge on any atom is -0.322 e. The third-order valence-electron chi connectivity index (χ3n) is 6.26. The Kier molecular flexibility index (Phi) is 6.15. The SMILES string of the molecule is Cc1ccccc1NC(=O)c1c(NC(=O)c2cccnc2)sc2c1CCC(C(C)(C)C)C2. The molecule has 0 radical (unpaired) electrons. The lowest BCUT2D eigenvalue weighted by Crippen LogP contribution is -2.27. The highest BCUT2D eigenvalue weighted by molar-refractivity contribution is 7.17. The summed E-state index contributed by atoms with van der Waals surface area (Å²) in [6.07, 6.45) is 5.97. The van der Waals surface area contributed by atoms with Crippen LogP contribution in [0.1, 0.15) is 63.9 Å². The number of carbonyl (C=O) groups is 2. The van der Waals surface area contributed by atoms with Gasteiger partial charge in [-0.15, -0.1) is 11.3 Å². The van der Waals surface area contributed by atoms with Crippen molar-refractivity contribution in [2.24, 2.45) is 11.3 Å². The van der Waals surface area contributed by atoms with Crippen LogP contribution in [0.4, 0.5) is 10.7 Å². The lowest BCUT2D eigenvalue weighted by atomic mass is 9.72. The second kappa shape index (κ2) is 8.87. The van der Waals surface area contributed by atoms with Crippen LogP contribution in [0.2, 0.25) is 0 Å². The minimum atomic E-state index is -0.256. The number of hydrogen-bond acceptors (Lipinski definition) is 4. The molecule has 0 fully saturated rings. The van der Waals surface area contributed by atoms with Crippen molar-refractivity contribution < 1.29 is 9.59 Å². The van der Waals surface area contributed by atoms with Gasteiger partial charge in [-0.1, -0.05) is 39.0 Å². The van der Waals surface area contributed by atoms with Gasteiger partial charge in [-0.05, 0) is 66.8 Å². The Morgan fingerprint density at radius 1 is 1.06 bits per heavy atom. The second-order valence-corrected chi connectivity index (χ2v) is 10.6. The Labute approximate surface area is 193 Å². The Morgan fingerprint density at radius 3 is 2.53 bits per heavy atom. The number of nitrogens with one attached hydrogen (secondary N) is 2. The van der Waals surface area contributed by atoms with Crippen molar-refractivity contribution >= 4 is 33.8 Å². The van der Waals surface area contributed by atoms with Crippen molar-refractivity contribution in [1.82, 2.24) is 4.98 Å². The summed E-state index contributed by atoms with van der Waals surface area (Å²) in [6, 6.07) is 11.2. The van der Waals surface area contributed by atoms with E-state index < -0.39 is 0 Å². The maximum absolute atomic E-state index is 13.4. The number of thiophene rings is 1. The Balaban J connectivity index is 1.70. The molecule has 166 valence electrons. The van der Waals surface area contributed by atoms with Crippen LogP contribution in [0.5, 0.6) is 0 Å². The standard InChI is InChI=1S/C26H29N3O2S/c1-16-8-5-6-10-20(16)28-24(31)22-19-12-11-18(26(2,3)4)14-21(19)32-25(22)29-23(30)17-9-7-13-27-15-17/h5-10,13,15,18H,11-12,14H2,1-4H3,(H,28,31)(H,29,30). The summed E-state index contributed by atoms with van der Waals surface area (Å²) in [4.78, 5) is 31.5. The average Bonchev–Trinajstić information content (AvgIpc) is 3.12.